The number of para-hydroxylation sites is 1. The van der Waals surface area contributed by atoms with Gasteiger partial charge < -0.3 is 4.90 Å². The van der Waals surface area contributed by atoms with E-state index in [2.05, 4.69) is 0 Å². The Bertz CT molecular complexity index is 999. The highest BCUT2D eigenvalue weighted by Gasteiger charge is 2.26. The summed E-state index contributed by atoms with van der Waals surface area (Å²) in [5.74, 6) is -0.0309. The molecule has 0 saturated carbocycles. The smallest absolute Gasteiger partial charge is 0.262 e. The normalized spacial score (nSPS) is 12.1. The average Bonchev–Trinajstić information content (AvgIpc) is 2.69. The van der Waals surface area contributed by atoms with Crippen molar-refractivity contribution in [2.24, 2.45) is 0 Å². The van der Waals surface area contributed by atoms with Gasteiger partial charge in [-0.25, -0.2) is 4.98 Å². The maximum Gasteiger partial charge on any atom is 0.262 e. The Morgan fingerprint density at radius 3 is 2.44 bits per heavy atom. The molecule has 1 atom stereocenters. The molecule has 0 aliphatic heterocycles. The second kappa shape index (κ2) is 8.39. The van der Waals surface area contributed by atoms with E-state index >= 15 is 0 Å². The number of carbonyl (C=O) groups excluding carboxylic acids is 1. The van der Waals surface area contributed by atoms with Gasteiger partial charge in [-0.1, -0.05) is 61.2 Å². The standard InChI is InChI=1S/C21H23N3O2S/c1-4-14-24-19(25)16-12-8-9-13-17(16)22-21(24)27-18(20(26)23(2)3)15-10-6-5-7-11-15/h5-13,18H,4,14H2,1-3H3/t18-/m1/s1. The molecule has 0 unspecified atom stereocenters. The van der Waals surface area contributed by atoms with E-state index in [0.29, 0.717) is 22.6 Å². The molecule has 0 spiro atoms. The summed E-state index contributed by atoms with van der Waals surface area (Å²) in [5.41, 5.74) is 1.49. The summed E-state index contributed by atoms with van der Waals surface area (Å²) in [5, 5.41) is 0.715. The molecule has 0 saturated heterocycles. The lowest BCUT2D eigenvalue weighted by atomic mass is 10.1. The third-order valence-corrected chi connectivity index (χ3v) is 5.50. The van der Waals surface area contributed by atoms with Crippen molar-refractivity contribution in [2.75, 3.05) is 14.1 Å². The first-order valence-corrected chi connectivity index (χ1v) is 9.83. The lowest BCUT2D eigenvalue weighted by Crippen LogP contribution is -2.28. The number of nitrogens with zero attached hydrogens (tertiary/aromatic N) is 3. The molecular weight excluding hydrogens is 358 g/mol. The molecule has 1 aromatic heterocycles. The van der Waals surface area contributed by atoms with Crippen molar-refractivity contribution in [3.8, 4) is 0 Å². The highest BCUT2D eigenvalue weighted by atomic mass is 32.2. The molecule has 0 N–H and O–H groups in total. The van der Waals surface area contributed by atoms with Gasteiger partial charge in [0.05, 0.1) is 10.9 Å². The molecule has 0 radical (unpaired) electrons. The Morgan fingerprint density at radius 1 is 1.11 bits per heavy atom. The van der Waals surface area contributed by atoms with Crippen molar-refractivity contribution in [1.29, 1.82) is 0 Å². The quantitative estimate of drug-likeness (QED) is 0.482. The molecule has 1 amide bonds. The molecule has 140 valence electrons. The van der Waals surface area contributed by atoms with Crippen LogP contribution < -0.4 is 5.56 Å². The molecule has 3 aromatic rings. The van der Waals surface area contributed by atoms with Gasteiger partial charge in [0.25, 0.3) is 5.56 Å². The van der Waals surface area contributed by atoms with Crippen LogP contribution in [0.25, 0.3) is 10.9 Å². The van der Waals surface area contributed by atoms with Crippen LogP contribution in [0.5, 0.6) is 0 Å². The number of thioether (sulfide) groups is 1. The first kappa shape index (κ1) is 19.2. The van der Waals surface area contributed by atoms with E-state index in [1.54, 1.807) is 29.6 Å². The lowest BCUT2D eigenvalue weighted by Gasteiger charge is -2.22. The first-order chi connectivity index (χ1) is 13.0. The minimum atomic E-state index is -0.461. The minimum absolute atomic E-state index is 0.0309. The largest absolute Gasteiger partial charge is 0.348 e. The Labute approximate surface area is 163 Å². The van der Waals surface area contributed by atoms with Gasteiger partial charge >= 0.3 is 0 Å². The maximum absolute atomic E-state index is 13.0. The fourth-order valence-corrected chi connectivity index (χ4v) is 4.16. The number of hydrogen-bond acceptors (Lipinski definition) is 4. The highest BCUT2D eigenvalue weighted by molar-refractivity contribution is 8.00. The van der Waals surface area contributed by atoms with Gasteiger partial charge in [-0.05, 0) is 24.1 Å². The Kier molecular flexibility index (Phi) is 5.96. The topological polar surface area (TPSA) is 55.2 Å². The number of fused-ring (bicyclic) bond motifs is 1. The summed E-state index contributed by atoms with van der Waals surface area (Å²) < 4.78 is 1.69. The molecular formula is C21H23N3O2S. The van der Waals surface area contributed by atoms with Crippen LogP contribution in [0.1, 0.15) is 24.2 Å². The zero-order valence-electron chi connectivity index (χ0n) is 15.8. The summed E-state index contributed by atoms with van der Waals surface area (Å²) in [4.78, 5) is 32.1. The zero-order chi connectivity index (χ0) is 19.4. The van der Waals surface area contributed by atoms with Gasteiger partial charge in [0.15, 0.2) is 5.16 Å². The minimum Gasteiger partial charge on any atom is -0.348 e. The second-order valence-corrected chi connectivity index (χ2v) is 7.58. The molecule has 2 aromatic carbocycles. The van der Waals surface area contributed by atoms with Crippen LogP contribution >= 0.6 is 11.8 Å². The second-order valence-electron chi connectivity index (χ2n) is 6.51. The number of rotatable bonds is 6. The SMILES string of the molecule is CCCn1c(S[C@@H](C(=O)N(C)C)c2ccccc2)nc2ccccc2c1=O. The fraction of sp³-hybridized carbons (Fsp3) is 0.286. The maximum atomic E-state index is 13.0. The number of carbonyl (C=O) groups is 1. The monoisotopic (exact) mass is 381 g/mol. The number of amides is 1. The molecule has 27 heavy (non-hydrogen) atoms. The predicted molar refractivity (Wildman–Crippen MR) is 110 cm³/mol. The van der Waals surface area contributed by atoms with Gasteiger partial charge in [-0.15, -0.1) is 0 Å². The van der Waals surface area contributed by atoms with E-state index in [-0.39, 0.29) is 11.5 Å². The summed E-state index contributed by atoms with van der Waals surface area (Å²) in [6, 6.07) is 17.0. The molecule has 6 heteroatoms. The van der Waals surface area contributed by atoms with E-state index in [1.165, 1.54) is 11.8 Å². The van der Waals surface area contributed by atoms with Crippen LogP contribution in [0.2, 0.25) is 0 Å². The summed E-state index contributed by atoms with van der Waals surface area (Å²) in [7, 11) is 3.48. The predicted octanol–water partition coefficient (Wildman–Crippen LogP) is 3.73. The van der Waals surface area contributed by atoms with E-state index in [0.717, 1.165) is 12.0 Å². The van der Waals surface area contributed by atoms with Crippen LogP contribution in [0.4, 0.5) is 0 Å². The van der Waals surface area contributed by atoms with Crippen LogP contribution in [0, 0.1) is 0 Å². The lowest BCUT2D eigenvalue weighted by molar-refractivity contribution is -0.128. The Balaban J connectivity index is 2.13. The number of aromatic nitrogens is 2. The third-order valence-electron chi connectivity index (χ3n) is 4.26. The molecule has 0 bridgehead atoms. The number of hydrogen-bond donors (Lipinski definition) is 0. The molecule has 0 aliphatic rings. The van der Waals surface area contributed by atoms with Crippen molar-refractivity contribution in [1.82, 2.24) is 14.5 Å². The molecule has 3 rings (SSSR count). The van der Waals surface area contributed by atoms with Crippen LogP contribution in [-0.4, -0.2) is 34.5 Å². The Morgan fingerprint density at radius 2 is 1.78 bits per heavy atom. The van der Waals surface area contributed by atoms with E-state index in [4.69, 9.17) is 4.98 Å². The fourth-order valence-electron chi connectivity index (χ4n) is 2.89. The molecule has 0 fully saturated rings. The van der Waals surface area contributed by atoms with Crippen LogP contribution in [-0.2, 0) is 11.3 Å². The molecule has 1 heterocycles. The van der Waals surface area contributed by atoms with E-state index in [9.17, 15) is 9.59 Å². The molecule has 0 aliphatic carbocycles. The average molecular weight is 382 g/mol. The Hall–Kier alpha value is -2.60. The van der Waals surface area contributed by atoms with Crippen molar-refractivity contribution < 1.29 is 4.79 Å². The van der Waals surface area contributed by atoms with E-state index < -0.39 is 5.25 Å². The third kappa shape index (κ3) is 4.06. The zero-order valence-corrected chi connectivity index (χ0v) is 16.6. The van der Waals surface area contributed by atoms with Crippen LogP contribution in [0.15, 0.2) is 64.5 Å². The number of likely N-dealkylation sites (N-methyl/N-ethyl adjacent to an activating group) is 1. The van der Waals surface area contributed by atoms with Gasteiger partial charge in [0.1, 0.15) is 5.25 Å². The summed E-state index contributed by atoms with van der Waals surface area (Å²) >= 11 is 1.33. The van der Waals surface area contributed by atoms with Gasteiger partial charge in [0, 0.05) is 20.6 Å². The van der Waals surface area contributed by atoms with Gasteiger partial charge in [0.2, 0.25) is 5.91 Å². The van der Waals surface area contributed by atoms with Gasteiger partial charge in [-0.2, -0.15) is 0 Å². The van der Waals surface area contributed by atoms with Crippen molar-refractivity contribution in [3.05, 3.63) is 70.5 Å². The highest BCUT2D eigenvalue weighted by Crippen LogP contribution is 2.35. The van der Waals surface area contributed by atoms with Crippen LogP contribution in [0.3, 0.4) is 0 Å². The van der Waals surface area contributed by atoms with Crippen molar-refractivity contribution in [2.45, 2.75) is 30.3 Å². The van der Waals surface area contributed by atoms with Crippen molar-refractivity contribution >= 4 is 28.6 Å². The van der Waals surface area contributed by atoms with Crippen molar-refractivity contribution in [3.63, 3.8) is 0 Å². The number of benzene rings is 2. The van der Waals surface area contributed by atoms with Gasteiger partial charge in [-0.3, -0.25) is 14.2 Å². The first-order valence-electron chi connectivity index (χ1n) is 8.95. The summed E-state index contributed by atoms with van der Waals surface area (Å²) in [6.45, 7) is 2.59. The van der Waals surface area contributed by atoms with E-state index in [1.807, 2.05) is 55.5 Å². The molecule has 5 nitrogen and oxygen atoms in total. The summed E-state index contributed by atoms with van der Waals surface area (Å²) in [6.07, 6.45) is 0.811.